The minimum Gasteiger partial charge on any atom is -0.462 e. The molecule has 0 N–H and O–H groups in total. The topological polar surface area (TPSA) is 85.6 Å². The van der Waals surface area contributed by atoms with Gasteiger partial charge in [-0.05, 0) is 65.0 Å². The molecule has 33 heavy (non-hydrogen) atoms. The Labute approximate surface area is 197 Å². The number of hydrogen-bond acceptors (Lipinski definition) is 7. The van der Waals surface area contributed by atoms with Crippen LogP contribution in [0.4, 0.5) is 5.82 Å². The number of nitriles is 1. The van der Waals surface area contributed by atoms with Gasteiger partial charge >= 0.3 is 6.01 Å². The third kappa shape index (κ3) is 5.14. The molecular formula is C25H36N6O2. The number of ether oxygens (including phenoxy) is 1. The zero-order valence-electron chi connectivity index (χ0n) is 20.0. The van der Waals surface area contributed by atoms with Gasteiger partial charge in [0.15, 0.2) is 0 Å². The van der Waals surface area contributed by atoms with Crippen LogP contribution >= 0.6 is 0 Å². The molecule has 2 atom stereocenters. The molecule has 178 valence electrons. The molecule has 3 heterocycles. The minimum absolute atomic E-state index is 0.116. The first-order chi connectivity index (χ1) is 16.0. The van der Waals surface area contributed by atoms with Gasteiger partial charge in [-0.25, -0.2) is 0 Å². The number of anilines is 1. The third-order valence-corrected chi connectivity index (χ3v) is 7.20. The molecule has 0 unspecified atom stereocenters. The van der Waals surface area contributed by atoms with Crippen molar-refractivity contribution in [2.45, 2.75) is 76.9 Å². The normalized spacial score (nSPS) is 23.3. The van der Waals surface area contributed by atoms with Gasteiger partial charge in [0, 0.05) is 37.3 Å². The fourth-order valence-electron chi connectivity index (χ4n) is 5.50. The Bertz CT molecular complexity index is 911. The van der Waals surface area contributed by atoms with Gasteiger partial charge in [0.1, 0.15) is 12.4 Å². The second-order valence-electron chi connectivity index (χ2n) is 9.60. The molecule has 1 amide bonds. The zero-order chi connectivity index (χ0) is 23.4. The maximum Gasteiger partial charge on any atom is 0.318 e. The molecule has 0 saturated carbocycles. The van der Waals surface area contributed by atoms with Crippen LogP contribution in [0.3, 0.4) is 0 Å². The number of amides is 1. The summed E-state index contributed by atoms with van der Waals surface area (Å²) < 4.78 is 6.20. The Morgan fingerprint density at radius 3 is 2.79 bits per heavy atom. The number of rotatable bonds is 7. The average molecular weight is 453 g/mol. The van der Waals surface area contributed by atoms with Crippen molar-refractivity contribution in [2.75, 3.05) is 37.7 Å². The van der Waals surface area contributed by atoms with Crippen molar-refractivity contribution in [3.8, 4) is 12.1 Å². The molecule has 3 aliphatic rings. The molecule has 2 aliphatic heterocycles. The van der Waals surface area contributed by atoms with Crippen molar-refractivity contribution in [3.63, 3.8) is 0 Å². The van der Waals surface area contributed by atoms with Gasteiger partial charge in [0.25, 0.3) is 0 Å². The Morgan fingerprint density at radius 1 is 1.21 bits per heavy atom. The van der Waals surface area contributed by atoms with Crippen LogP contribution in [0, 0.1) is 11.3 Å². The van der Waals surface area contributed by atoms with Crippen LogP contribution in [0.25, 0.3) is 0 Å². The van der Waals surface area contributed by atoms with Crippen molar-refractivity contribution in [3.05, 3.63) is 23.9 Å². The van der Waals surface area contributed by atoms with Crippen LogP contribution in [0.5, 0.6) is 6.01 Å². The highest BCUT2D eigenvalue weighted by Gasteiger charge is 2.33. The van der Waals surface area contributed by atoms with E-state index in [1.165, 1.54) is 18.1 Å². The predicted octanol–water partition coefficient (Wildman–Crippen LogP) is 2.72. The Kier molecular flexibility index (Phi) is 7.49. The predicted molar refractivity (Wildman–Crippen MR) is 127 cm³/mol. The summed E-state index contributed by atoms with van der Waals surface area (Å²) >= 11 is 0. The molecule has 8 nitrogen and oxygen atoms in total. The average Bonchev–Trinajstić information content (AvgIpc) is 3.31. The van der Waals surface area contributed by atoms with E-state index >= 15 is 0 Å². The first-order valence-electron chi connectivity index (χ1n) is 12.3. The van der Waals surface area contributed by atoms with E-state index in [-0.39, 0.29) is 11.9 Å². The SMILES string of the molecule is C=CC(=O)N1CCN(c2nc(OC[C@@H]3CCCN3C(C)C)nc3c2CCCC3)C[C@@H]1CC#N. The van der Waals surface area contributed by atoms with Crippen LogP contribution in [0.2, 0.25) is 0 Å². The van der Waals surface area contributed by atoms with E-state index in [0.29, 0.717) is 50.8 Å². The van der Waals surface area contributed by atoms with Crippen molar-refractivity contribution >= 4 is 11.7 Å². The number of likely N-dealkylation sites (tertiary alicyclic amines) is 1. The summed E-state index contributed by atoms with van der Waals surface area (Å²) in [4.78, 5) is 28.5. The van der Waals surface area contributed by atoms with Crippen molar-refractivity contribution in [2.24, 2.45) is 0 Å². The van der Waals surface area contributed by atoms with Crippen LogP contribution in [-0.4, -0.2) is 76.6 Å². The lowest BCUT2D eigenvalue weighted by Gasteiger charge is -2.41. The lowest BCUT2D eigenvalue weighted by atomic mass is 9.95. The third-order valence-electron chi connectivity index (χ3n) is 7.20. The number of piperazine rings is 1. The second kappa shape index (κ2) is 10.5. The highest BCUT2D eigenvalue weighted by molar-refractivity contribution is 5.87. The molecular weight excluding hydrogens is 416 g/mol. The summed E-state index contributed by atoms with van der Waals surface area (Å²) in [6.07, 6.45) is 8.14. The molecule has 1 aromatic heterocycles. The van der Waals surface area contributed by atoms with E-state index < -0.39 is 0 Å². The monoisotopic (exact) mass is 452 g/mol. The van der Waals surface area contributed by atoms with E-state index in [1.807, 2.05) is 0 Å². The number of aromatic nitrogens is 2. The molecule has 8 heteroatoms. The number of hydrogen-bond donors (Lipinski definition) is 0. The zero-order valence-corrected chi connectivity index (χ0v) is 20.0. The molecule has 1 aliphatic carbocycles. The number of fused-ring (bicyclic) bond motifs is 1. The summed E-state index contributed by atoms with van der Waals surface area (Å²) in [6.45, 7) is 11.6. The van der Waals surface area contributed by atoms with E-state index in [4.69, 9.17) is 14.7 Å². The van der Waals surface area contributed by atoms with E-state index in [9.17, 15) is 10.1 Å². The molecule has 0 spiro atoms. The summed E-state index contributed by atoms with van der Waals surface area (Å²) in [5, 5.41) is 9.34. The van der Waals surface area contributed by atoms with Crippen molar-refractivity contribution < 1.29 is 9.53 Å². The summed E-state index contributed by atoms with van der Waals surface area (Å²) in [7, 11) is 0. The Hall–Kier alpha value is -2.66. The number of carbonyl (C=O) groups excluding carboxylic acids is 1. The van der Waals surface area contributed by atoms with E-state index in [0.717, 1.165) is 50.2 Å². The first kappa shape index (κ1) is 23.5. The van der Waals surface area contributed by atoms with Crippen LogP contribution in [0.1, 0.15) is 57.2 Å². The fourth-order valence-corrected chi connectivity index (χ4v) is 5.50. The van der Waals surface area contributed by atoms with Crippen molar-refractivity contribution in [1.29, 1.82) is 5.26 Å². The van der Waals surface area contributed by atoms with Gasteiger partial charge in [-0.1, -0.05) is 6.58 Å². The lowest BCUT2D eigenvalue weighted by Crippen LogP contribution is -2.55. The number of nitrogens with zero attached hydrogens (tertiary/aromatic N) is 6. The second-order valence-corrected chi connectivity index (χ2v) is 9.60. The number of carbonyl (C=O) groups is 1. The maximum atomic E-state index is 12.3. The molecule has 4 rings (SSSR count). The largest absolute Gasteiger partial charge is 0.462 e. The summed E-state index contributed by atoms with van der Waals surface area (Å²) in [5.74, 6) is 0.811. The minimum atomic E-state index is -0.175. The highest BCUT2D eigenvalue weighted by Crippen LogP contribution is 2.32. The highest BCUT2D eigenvalue weighted by atomic mass is 16.5. The van der Waals surface area contributed by atoms with Crippen molar-refractivity contribution in [1.82, 2.24) is 19.8 Å². The molecule has 0 bridgehead atoms. The number of aryl methyl sites for hydroxylation is 1. The Morgan fingerprint density at radius 2 is 2.03 bits per heavy atom. The molecule has 0 aromatic carbocycles. The first-order valence-corrected chi connectivity index (χ1v) is 12.3. The van der Waals surface area contributed by atoms with Crippen LogP contribution in [0.15, 0.2) is 12.7 Å². The van der Waals surface area contributed by atoms with Gasteiger partial charge in [0.05, 0.1) is 24.2 Å². The fraction of sp³-hybridized carbons (Fsp3) is 0.680. The van der Waals surface area contributed by atoms with Crippen LogP contribution in [-0.2, 0) is 17.6 Å². The molecule has 1 aromatic rings. The molecule has 0 radical (unpaired) electrons. The standard InChI is InChI=1S/C25H36N6O2/c1-4-23(32)31-15-14-29(16-19(31)11-12-26)24-21-9-5-6-10-22(21)27-25(28-24)33-17-20-8-7-13-30(20)18(2)3/h4,18-20H,1,5-11,13-17H2,2-3H3/t19-,20-/m0/s1. The lowest BCUT2D eigenvalue weighted by molar-refractivity contribution is -0.128. The quantitative estimate of drug-likeness (QED) is 0.588. The van der Waals surface area contributed by atoms with Gasteiger partial charge in [-0.2, -0.15) is 15.2 Å². The van der Waals surface area contributed by atoms with E-state index in [1.54, 1.807) is 4.90 Å². The van der Waals surface area contributed by atoms with Gasteiger partial charge in [-0.3, -0.25) is 9.69 Å². The van der Waals surface area contributed by atoms with Crippen LogP contribution < -0.4 is 9.64 Å². The van der Waals surface area contributed by atoms with Gasteiger partial charge in [-0.15, -0.1) is 0 Å². The summed E-state index contributed by atoms with van der Waals surface area (Å²) in [5.41, 5.74) is 2.30. The van der Waals surface area contributed by atoms with E-state index in [2.05, 4.69) is 36.3 Å². The summed E-state index contributed by atoms with van der Waals surface area (Å²) in [6, 6.07) is 3.44. The van der Waals surface area contributed by atoms with Gasteiger partial charge in [0.2, 0.25) is 5.91 Å². The maximum absolute atomic E-state index is 12.3. The smallest absolute Gasteiger partial charge is 0.318 e. The molecule has 2 fully saturated rings. The Balaban J connectivity index is 1.55. The molecule has 2 saturated heterocycles. The van der Waals surface area contributed by atoms with Gasteiger partial charge < -0.3 is 14.5 Å².